The van der Waals surface area contributed by atoms with E-state index in [1.807, 2.05) is 11.3 Å². The molecule has 1 aromatic rings. The first-order chi connectivity index (χ1) is 7.21. The number of nitrogens with one attached hydrogen (secondary N) is 1. The molecular weight excluding hydrogens is 216 g/mol. The van der Waals surface area contributed by atoms with Crippen LogP contribution in [-0.2, 0) is 0 Å². The third-order valence-corrected chi connectivity index (χ3v) is 3.80. The zero-order chi connectivity index (χ0) is 12.5. The number of hydrogen-bond donors (Lipinski definition) is 1. The van der Waals surface area contributed by atoms with Gasteiger partial charge in [0.05, 0.1) is 11.7 Å². The molecular formula is C13H24N2S. The number of aryl methyl sites for hydroxylation is 2. The van der Waals surface area contributed by atoms with E-state index in [4.69, 9.17) is 0 Å². The zero-order valence-corrected chi connectivity index (χ0v) is 12.3. The van der Waals surface area contributed by atoms with Gasteiger partial charge in [0.2, 0.25) is 0 Å². The van der Waals surface area contributed by atoms with E-state index < -0.39 is 0 Å². The van der Waals surface area contributed by atoms with E-state index in [0.29, 0.717) is 12.1 Å². The average Bonchev–Trinajstić information content (AvgIpc) is 2.40. The molecule has 0 aromatic carbocycles. The lowest BCUT2D eigenvalue weighted by Gasteiger charge is -2.31. The highest BCUT2D eigenvalue weighted by molar-refractivity contribution is 7.11. The zero-order valence-electron chi connectivity index (χ0n) is 11.5. The first-order valence-electron chi connectivity index (χ1n) is 5.91. The van der Waals surface area contributed by atoms with Gasteiger partial charge in [0.25, 0.3) is 0 Å². The molecule has 1 aromatic heterocycles. The summed E-state index contributed by atoms with van der Waals surface area (Å²) >= 11 is 1.82. The second kappa shape index (κ2) is 4.84. The first-order valence-corrected chi connectivity index (χ1v) is 6.73. The van der Waals surface area contributed by atoms with E-state index in [-0.39, 0.29) is 5.41 Å². The Balaban J connectivity index is 3.01. The summed E-state index contributed by atoms with van der Waals surface area (Å²) in [6.45, 7) is 15.4. The number of nitrogens with zero attached hydrogens (tertiary/aromatic N) is 1. The number of thiazole rings is 1. The second-order valence-electron chi connectivity index (χ2n) is 5.81. The van der Waals surface area contributed by atoms with Crippen molar-refractivity contribution in [3.63, 3.8) is 0 Å². The molecule has 0 aliphatic rings. The summed E-state index contributed by atoms with van der Waals surface area (Å²) < 4.78 is 0. The molecule has 0 aliphatic carbocycles. The highest BCUT2D eigenvalue weighted by Gasteiger charge is 2.29. The Morgan fingerprint density at radius 1 is 1.19 bits per heavy atom. The van der Waals surface area contributed by atoms with Crippen molar-refractivity contribution in [1.29, 1.82) is 0 Å². The van der Waals surface area contributed by atoms with Crippen LogP contribution in [0.4, 0.5) is 0 Å². The molecule has 0 saturated carbocycles. The maximum atomic E-state index is 4.69. The molecule has 3 heteroatoms. The Kier molecular flexibility index (Phi) is 4.13. The predicted octanol–water partition coefficient (Wildman–Crippen LogP) is 3.85. The molecule has 0 aliphatic heterocycles. The number of rotatable bonds is 3. The summed E-state index contributed by atoms with van der Waals surface area (Å²) in [5.41, 5.74) is 1.36. The summed E-state index contributed by atoms with van der Waals surface area (Å²) in [6, 6.07) is 0.818. The van der Waals surface area contributed by atoms with Gasteiger partial charge in [-0.05, 0) is 19.3 Å². The van der Waals surface area contributed by atoms with Gasteiger partial charge in [-0.25, -0.2) is 4.98 Å². The van der Waals surface area contributed by atoms with Crippen LogP contribution in [0, 0.1) is 19.3 Å². The van der Waals surface area contributed by atoms with Gasteiger partial charge in [0.15, 0.2) is 0 Å². The maximum Gasteiger partial charge on any atom is 0.111 e. The van der Waals surface area contributed by atoms with Gasteiger partial charge in [-0.15, -0.1) is 11.3 Å². The van der Waals surface area contributed by atoms with Gasteiger partial charge < -0.3 is 5.32 Å². The van der Waals surface area contributed by atoms with Crippen LogP contribution in [0.5, 0.6) is 0 Å². The quantitative estimate of drug-likeness (QED) is 0.868. The minimum Gasteiger partial charge on any atom is -0.305 e. The Bertz CT molecular complexity index is 328. The summed E-state index contributed by atoms with van der Waals surface area (Å²) in [4.78, 5) is 6.01. The van der Waals surface area contributed by atoms with E-state index in [2.05, 4.69) is 58.8 Å². The minimum atomic E-state index is 0.195. The molecule has 0 saturated heterocycles. The highest BCUT2D eigenvalue weighted by atomic mass is 32.1. The fourth-order valence-electron chi connectivity index (χ4n) is 1.65. The molecule has 92 valence electrons. The van der Waals surface area contributed by atoms with Gasteiger partial charge in [0, 0.05) is 10.9 Å². The van der Waals surface area contributed by atoms with E-state index in [1.165, 1.54) is 15.6 Å². The number of aromatic nitrogens is 1. The van der Waals surface area contributed by atoms with Crippen molar-refractivity contribution in [3.8, 4) is 0 Å². The lowest BCUT2D eigenvalue weighted by molar-refractivity contribution is 0.257. The monoisotopic (exact) mass is 240 g/mol. The Labute approximate surface area is 103 Å². The van der Waals surface area contributed by atoms with Crippen molar-refractivity contribution in [2.24, 2.45) is 5.41 Å². The van der Waals surface area contributed by atoms with Crippen molar-refractivity contribution in [2.45, 2.75) is 60.5 Å². The minimum absolute atomic E-state index is 0.195. The lowest BCUT2D eigenvalue weighted by Crippen LogP contribution is -2.36. The molecule has 0 bridgehead atoms. The third kappa shape index (κ3) is 3.29. The SMILES string of the molecule is Cc1nc(C(NC(C)C)C(C)(C)C)sc1C. The van der Waals surface area contributed by atoms with Gasteiger partial charge >= 0.3 is 0 Å². The molecule has 1 unspecified atom stereocenters. The molecule has 1 rings (SSSR count). The molecule has 1 N–H and O–H groups in total. The maximum absolute atomic E-state index is 4.69. The second-order valence-corrected chi connectivity index (χ2v) is 7.05. The molecule has 0 amide bonds. The standard InChI is InChI=1S/C13H24N2S/c1-8(2)14-11(13(5,6)7)12-15-9(3)10(4)16-12/h8,11,14H,1-7H3. The van der Waals surface area contributed by atoms with Crippen LogP contribution in [0.2, 0.25) is 0 Å². The predicted molar refractivity (Wildman–Crippen MR) is 72.1 cm³/mol. The van der Waals surface area contributed by atoms with Gasteiger partial charge in [-0.3, -0.25) is 0 Å². The summed E-state index contributed by atoms with van der Waals surface area (Å²) in [5.74, 6) is 0. The van der Waals surface area contributed by atoms with Crippen molar-refractivity contribution in [1.82, 2.24) is 10.3 Å². The lowest BCUT2D eigenvalue weighted by atomic mass is 9.86. The van der Waals surface area contributed by atoms with Crippen molar-refractivity contribution in [2.75, 3.05) is 0 Å². The largest absolute Gasteiger partial charge is 0.305 e. The van der Waals surface area contributed by atoms with Gasteiger partial charge in [-0.2, -0.15) is 0 Å². The molecule has 2 nitrogen and oxygen atoms in total. The fraction of sp³-hybridized carbons (Fsp3) is 0.769. The van der Waals surface area contributed by atoms with Gasteiger partial charge in [0.1, 0.15) is 5.01 Å². The van der Waals surface area contributed by atoms with Crippen molar-refractivity contribution < 1.29 is 0 Å². The Morgan fingerprint density at radius 3 is 2.06 bits per heavy atom. The van der Waals surface area contributed by atoms with Gasteiger partial charge in [-0.1, -0.05) is 34.6 Å². The Morgan fingerprint density at radius 2 is 1.75 bits per heavy atom. The van der Waals surface area contributed by atoms with Crippen LogP contribution in [0.3, 0.4) is 0 Å². The Hall–Kier alpha value is -0.410. The van der Waals surface area contributed by atoms with Crippen molar-refractivity contribution >= 4 is 11.3 Å². The highest BCUT2D eigenvalue weighted by Crippen LogP contribution is 2.36. The number of hydrogen-bond acceptors (Lipinski definition) is 3. The van der Waals surface area contributed by atoms with E-state index in [1.54, 1.807) is 0 Å². The summed E-state index contributed by atoms with van der Waals surface area (Å²) in [6.07, 6.45) is 0. The summed E-state index contributed by atoms with van der Waals surface area (Å²) in [7, 11) is 0. The van der Waals surface area contributed by atoms with E-state index in [0.717, 1.165) is 0 Å². The van der Waals surface area contributed by atoms with Crippen LogP contribution >= 0.6 is 11.3 Å². The molecule has 1 atom stereocenters. The normalized spacial score (nSPS) is 14.5. The molecule has 16 heavy (non-hydrogen) atoms. The van der Waals surface area contributed by atoms with E-state index in [9.17, 15) is 0 Å². The van der Waals surface area contributed by atoms with E-state index >= 15 is 0 Å². The van der Waals surface area contributed by atoms with Crippen LogP contribution in [0.25, 0.3) is 0 Å². The smallest absolute Gasteiger partial charge is 0.111 e. The third-order valence-electron chi connectivity index (χ3n) is 2.66. The average molecular weight is 240 g/mol. The van der Waals surface area contributed by atoms with Crippen LogP contribution in [-0.4, -0.2) is 11.0 Å². The van der Waals surface area contributed by atoms with Crippen LogP contribution in [0.15, 0.2) is 0 Å². The molecule has 0 radical (unpaired) electrons. The first kappa shape index (κ1) is 13.7. The van der Waals surface area contributed by atoms with Crippen LogP contribution < -0.4 is 5.32 Å². The fourth-order valence-corrected chi connectivity index (χ4v) is 2.88. The van der Waals surface area contributed by atoms with Crippen molar-refractivity contribution in [3.05, 3.63) is 15.6 Å². The topological polar surface area (TPSA) is 24.9 Å². The molecule has 1 heterocycles. The molecule has 0 spiro atoms. The summed E-state index contributed by atoms with van der Waals surface area (Å²) in [5, 5.41) is 4.84. The van der Waals surface area contributed by atoms with Crippen LogP contribution in [0.1, 0.15) is 56.2 Å². The molecule has 0 fully saturated rings.